The van der Waals surface area contributed by atoms with Gasteiger partial charge in [0.1, 0.15) is 5.75 Å². The second kappa shape index (κ2) is 8.55. The Bertz CT molecular complexity index is 745. The van der Waals surface area contributed by atoms with Crippen molar-refractivity contribution in [1.82, 2.24) is 20.8 Å². The van der Waals surface area contributed by atoms with E-state index in [-0.39, 0.29) is 0 Å². The van der Waals surface area contributed by atoms with Crippen molar-refractivity contribution in [2.45, 2.75) is 25.8 Å². The number of rotatable bonds is 6. The molecule has 26 heavy (non-hydrogen) atoms. The monoisotopic (exact) mass is 358 g/mol. The molecule has 0 saturated carbocycles. The molecular weight excluding hydrogens is 332 g/mol. The Morgan fingerprint density at radius 3 is 3.00 bits per heavy atom. The number of methoxy groups -OCH3 is 1. The second-order valence-electron chi connectivity index (χ2n) is 6.23. The smallest absolute Gasteiger partial charge is 0.228 e. The maximum Gasteiger partial charge on any atom is 0.228 e. The van der Waals surface area contributed by atoms with Gasteiger partial charge >= 0.3 is 0 Å². The van der Waals surface area contributed by atoms with Crippen LogP contribution in [0, 0.1) is 6.92 Å². The first-order valence-electron chi connectivity index (χ1n) is 8.84. The standard InChI is InChI=1S/C18H26N6O2/c1-13-21-17(26-23-13)8-10-20-18(19-2)22-14-9-11-24(12-14)15-6-4-5-7-16(15)25-3/h4-7,14H,8-12H2,1-3H3,(H2,19,20,22). The number of aromatic nitrogens is 2. The number of benzene rings is 1. The van der Waals surface area contributed by atoms with Gasteiger partial charge in [0, 0.05) is 39.1 Å². The molecule has 1 aliphatic heterocycles. The normalized spacial score (nSPS) is 17.4. The van der Waals surface area contributed by atoms with Gasteiger partial charge in [-0.2, -0.15) is 4.98 Å². The zero-order valence-electron chi connectivity index (χ0n) is 15.5. The number of hydrogen-bond acceptors (Lipinski definition) is 6. The van der Waals surface area contributed by atoms with E-state index < -0.39 is 0 Å². The van der Waals surface area contributed by atoms with Crippen molar-refractivity contribution >= 4 is 11.6 Å². The van der Waals surface area contributed by atoms with Gasteiger partial charge < -0.3 is 24.8 Å². The first-order valence-corrected chi connectivity index (χ1v) is 8.84. The lowest BCUT2D eigenvalue weighted by Crippen LogP contribution is -2.45. The molecule has 1 aliphatic rings. The van der Waals surface area contributed by atoms with Gasteiger partial charge in [-0.25, -0.2) is 0 Å². The van der Waals surface area contributed by atoms with Gasteiger partial charge in [0.05, 0.1) is 12.8 Å². The van der Waals surface area contributed by atoms with Gasteiger partial charge in [-0.15, -0.1) is 0 Å². The third kappa shape index (κ3) is 4.44. The van der Waals surface area contributed by atoms with Crippen molar-refractivity contribution in [2.24, 2.45) is 4.99 Å². The minimum Gasteiger partial charge on any atom is -0.495 e. The summed E-state index contributed by atoms with van der Waals surface area (Å²) in [5.41, 5.74) is 1.13. The molecule has 8 heteroatoms. The topological polar surface area (TPSA) is 87.8 Å². The van der Waals surface area contributed by atoms with E-state index in [2.05, 4.69) is 36.7 Å². The van der Waals surface area contributed by atoms with Crippen LogP contribution in [0.5, 0.6) is 5.75 Å². The van der Waals surface area contributed by atoms with Crippen molar-refractivity contribution in [3.05, 3.63) is 36.0 Å². The summed E-state index contributed by atoms with van der Waals surface area (Å²) in [7, 11) is 3.49. The fourth-order valence-corrected chi connectivity index (χ4v) is 3.11. The SMILES string of the molecule is CN=C(NCCc1nc(C)no1)NC1CCN(c2ccccc2OC)C1. The van der Waals surface area contributed by atoms with Gasteiger partial charge in [-0.1, -0.05) is 17.3 Å². The first-order chi connectivity index (χ1) is 12.7. The van der Waals surface area contributed by atoms with E-state index in [1.54, 1.807) is 14.2 Å². The quantitative estimate of drug-likeness (QED) is 0.596. The molecule has 1 atom stereocenters. The molecule has 0 spiro atoms. The minimum absolute atomic E-state index is 0.330. The summed E-state index contributed by atoms with van der Waals surface area (Å²) >= 11 is 0. The van der Waals surface area contributed by atoms with Crippen LogP contribution in [0.2, 0.25) is 0 Å². The highest BCUT2D eigenvalue weighted by Crippen LogP contribution is 2.30. The molecule has 0 aliphatic carbocycles. The maximum atomic E-state index is 5.47. The van der Waals surface area contributed by atoms with Crippen molar-refractivity contribution in [3.8, 4) is 5.75 Å². The van der Waals surface area contributed by atoms with E-state index in [1.165, 1.54) is 0 Å². The van der Waals surface area contributed by atoms with Crippen LogP contribution in [0.3, 0.4) is 0 Å². The molecule has 0 radical (unpaired) electrons. The van der Waals surface area contributed by atoms with Crippen LogP contribution in [0.25, 0.3) is 0 Å². The molecule has 1 aromatic carbocycles. The molecule has 1 aromatic heterocycles. The highest BCUT2D eigenvalue weighted by Gasteiger charge is 2.25. The Kier molecular flexibility index (Phi) is 5.93. The fourth-order valence-electron chi connectivity index (χ4n) is 3.11. The van der Waals surface area contributed by atoms with Crippen molar-refractivity contribution in [3.63, 3.8) is 0 Å². The zero-order valence-corrected chi connectivity index (χ0v) is 15.5. The molecular formula is C18H26N6O2. The molecule has 2 aromatic rings. The Labute approximate surface area is 153 Å². The number of para-hydroxylation sites is 2. The molecule has 1 fully saturated rings. The molecule has 8 nitrogen and oxygen atoms in total. The van der Waals surface area contributed by atoms with Crippen LogP contribution in [0.15, 0.2) is 33.8 Å². The van der Waals surface area contributed by atoms with Crippen molar-refractivity contribution in [2.75, 3.05) is 38.7 Å². The van der Waals surface area contributed by atoms with Crippen molar-refractivity contribution < 1.29 is 9.26 Å². The Balaban J connectivity index is 1.49. The molecule has 140 valence electrons. The predicted molar refractivity (Wildman–Crippen MR) is 101 cm³/mol. The summed E-state index contributed by atoms with van der Waals surface area (Å²) in [5, 5.41) is 10.6. The van der Waals surface area contributed by atoms with Gasteiger partial charge in [0.2, 0.25) is 5.89 Å². The Morgan fingerprint density at radius 1 is 1.42 bits per heavy atom. The van der Waals surface area contributed by atoms with Crippen LogP contribution >= 0.6 is 0 Å². The Morgan fingerprint density at radius 2 is 2.27 bits per heavy atom. The van der Waals surface area contributed by atoms with Crippen LogP contribution < -0.4 is 20.3 Å². The number of nitrogens with zero attached hydrogens (tertiary/aromatic N) is 4. The number of aliphatic imine (C=N–C) groups is 1. The number of anilines is 1. The van der Waals surface area contributed by atoms with E-state index in [1.807, 2.05) is 25.1 Å². The summed E-state index contributed by atoms with van der Waals surface area (Å²) in [4.78, 5) is 10.8. The lowest BCUT2D eigenvalue weighted by Gasteiger charge is -2.22. The van der Waals surface area contributed by atoms with Crippen LogP contribution in [-0.2, 0) is 6.42 Å². The van der Waals surface area contributed by atoms with E-state index >= 15 is 0 Å². The number of guanidine groups is 1. The molecule has 1 unspecified atom stereocenters. The highest BCUT2D eigenvalue weighted by atomic mass is 16.5. The second-order valence-corrected chi connectivity index (χ2v) is 6.23. The molecule has 3 rings (SSSR count). The number of nitrogens with one attached hydrogen (secondary N) is 2. The highest BCUT2D eigenvalue weighted by molar-refractivity contribution is 5.80. The number of ether oxygens (including phenoxy) is 1. The van der Waals surface area contributed by atoms with Crippen molar-refractivity contribution in [1.29, 1.82) is 0 Å². The third-order valence-electron chi connectivity index (χ3n) is 4.38. The molecule has 0 amide bonds. The summed E-state index contributed by atoms with van der Waals surface area (Å²) in [5.74, 6) is 2.98. The first kappa shape index (κ1) is 18.0. The van der Waals surface area contributed by atoms with Gasteiger partial charge in [-0.05, 0) is 25.5 Å². The largest absolute Gasteiger partial charge is 0.495 e. The third-order valence-corrected chi connectivity index (χ3v) is 4.38. The van der Waals surface area contributed by atoms with Crippen LogP contribution in [-0.4, -0.2) is 55.9 Å². The molecule has 1 saturated heterocycles. The summed E-state index contributed by atoms with van der Waals surface area (Å²) in [6.07, 6.45) is 1.71. The lowest BCUT2D eigenvalue weighted by atomic mass is 10.2. The van der Waals surface area contributed by atoms with E-state index in [9.17, 15) is 0 Å². The van der Waals surface area contributed by atoms with Gasteiger partial charge in [0.15, 0.2) is 11.8 Å². The summed E-state index contributed by atoms with van der Waals surface area (Å²) in [6, 6.07) is 8.45. The van der Waals surface area contributed by atoms with E-state index in [0.717, 1.165) is 36.9 Å². The number of aryl methyl sites for hydroxylation is 1. The predicted octanol–water partition coefficient (Wildman–Crippen LogP) is 1.37. The molecule has 2 heterocycles. The lowest BCUT2D eigenvalue weighted by molar-refractivity contribution is 0.374. The minimum atomic E-state index is 0.330. The maximum absolute atomic E-state index is 5.47. The van der Waals surface area contributed by atoms with Crippen LogP contribution in [0.1, 0.15) is 18.1 Å². The molecule has 0 bridgehead atoms. The number of hydrogen-bond donors (Lipinski definition) is 2. The average molecular weight is 358 g/mol. The summed E-state index contributed by atoms with van der Waals surface area (Å²) < 4.78 is 10.6. The van der Waals surface area contributed by atoms with Gasteiger partial charge in [0.25, 0.3) is 0 Å². The van der Waals surface area contributed by atoms with E-state index in [0.29, 0.717) is 30.7 Å². The van der Waals surface area contributed by atoms with Gasteiger partial charge in [-0.3, -0.25) is 4.99 Å². The summed E-state index contributed by atoms with van der Waals surface area (Å²) in [6.45, 7) is 4.39. The fraction of sp³-hybridized carbons (Fsp3) is 0.500. The Hall–Kier alpha value is -2.77. The zero-order chi connectivity index (χ0) is 18.4. The average Bonchev–Trinajstić information content (AvgIpc) is 3.29. The molecule has 2 N–H and O–H groups in total. The van der Waals surface area contributed by atoms with E-state index in [4.69, 9.17) is 9.26 Å². The van der Waals surface area contributed by atoms with Crippen LogP contribution in [0.4, 0.5) is 5.69 Å².